The van der Waals surface area contributed by atoms with Crippen molar-refractivity contribution in [3.05, 3.63) is 65.2 Å². The number of rotatable bonds is 4. The van der Waals surface area contributed by atoms with Crippen molar-refractivity contribution in [1.29, 1.82) is 0 Å². The average Bonchev–Trinajstić information content (AvgIpc) is 2.64. The Morgan fingerprint density at radius 2 is 1.88 bits per heavy atom. The van der Waals surface area contributed by atoms with Gasteiger partial charge in [-0.15, -0.1) is 0 Å². The Kier molecular flexibility index (Phi) is 4.74. The standard InChI is InChI=1S/C20H22N2O3/c1-21(12-14-8-10-15(25-3)11-9-14)20(24)18-13-22(2)19(23)17-7-5-4-6-16(17)18/h4-11,18H,12-13H2,1-3H3. The maximum absolute atomic E-state index is 13.0. The monoisotopic (exact) mass is 338 g/mol. The van der Waals surface area contributed by atoms with E-state index in [0.29, 0.717) is 18.7 Å². The first-order valence-electron chi connectivity index (χ1n) is 8.23. The number of ether oxygens (including phenoxy) is 1. The second-order valence-corrected chi connectivity index (χ2v) is 6.37. The van der Waals surface area contributed by atoms with Gasteiger partial charge in [-0.1, -0.05) is 30.3 Å². The maximum atomic E-state index is 13.0. The van der Waals surface area contributed by atoms with Gasteiger partial charge >= 0.3 is 0 Å². The molecule has 1 heterocycles. The zero-order valence-electron chi connectivity index (χ0n) is 14.7. The molecule has 130 valence electrons. The Labute approximate surface area is 147 Å². The van der Waals surface area contributed by atoms with Crippen LogP contribution in [0.4, 0.5) is 0 Å². The molecule has 1 atom stereocenters. The summed E-state index contributed by atoms with van der Waals surface area (Å²) in [5.74, 6) is 0.446. The maximum Gasteiger partial charge on any atom is 0.253 e. The summed E-state index contributed by atoms with van der Waals surface area (Å²) < 4.78 is 5.16. The van der Waals surface area contributed by atoms with E-state index in [4.69, 9.17) is 4.74 Å². The number of methoxy groups -OCH3 is 1. The lowest BCUT2D eigenvalue weighted by molar-refractivity contribution is -0.132. The summed E-state index contributed by atoms with van der Waals surface area (Å²) >= 11 is 0. The number of nitrogens with zero attached hydrogens (tertiary/aromatic N) is 2. The molecule has 0 radical (unpaired) electrons. The smallest absolute Gasteiger partial charge is 0.253 e. The molecule has 0 saturated carbocycles. The van der Waals surface area contributed by atoms with Crippen LogP contribution in [-0.4, -0.2) is 49.4 Å². The number of carbonyl (C=O) groups is 2. The van der Waals surface area contributed by atoms with E-state index in [0.717, 1.165) is 16.9 Å². The van der Waals surface area contributed by atoms with Crippen LogP contribution in [0.25, 0.3) is 0 Å². The molecule has 0 aliphatic carbocycles. The normalized spacial score (nSPS) is 16.4. The fourth-order valence-electron chi connectivity index (χ4n) is 3.22. The number of hydrogen-bond acceptors (Lipinski definition) is 3. The first-order chi connectivity index (χ1) is 12.0. The molecule has 0 fully saturated rings. The van der Waals surface area contributed by atoms with E-state index < -0.39 is 0 Å². The molecule has 0 saturated heterocycles. The number of carbonyl (C=O) groups excluding carboxylic acids is 2. The first-order valence-corrected chi connectivity index (χ1v) is 8.23. The summed E-state index contributed by atoms with van der Waals surface area (Å²) in [6.07, 6.45) is 0. The third-order valence-corrected chi connectivity index (χ3v) is 4.62. The Hall–Kier alpha value is -2.82. The van der Waals surface area contributed by atoms with Gasteiger partial charge in [-0.05, 0) is 29.3 Å². The molecule has 1 unspecified atom stereocenters. The lowest BCUT2D eigenvalue weighted by Crippen LogP contribution is -2.43. The highest BCUT2D eigenvalue weighted by molar-refractivity contribution is 6.00. The van der Waals surface area contributed by atoms with Gasteiger partial charge in [-0.2, -0.15) is 0 Å². The van der Waals surface area contributed by atoms with E-state index in [1.165, 1.54) is 0 Å². The Morgan fingerprint density at radius 3 is 2.56 bits per heavy atom. The Morgan fingerprint density at radius 1 is 1.20 bits per heavy atom. The van der Waals surface area contributed by atoms with Crippen LogP contribution in [0.5, 0.6) is 5.75 Å². The van der Waals surface area contributed by atoms with Gasteiger partial charge in [0.25, 0.3) is 5.91 Å². The zero-order valence-corrected chi connectivity index (χ0v) is 14.7. The van der Waals surface area contributed by atoms with E-state index in [9.17, 15) is 9.59 Å². The molecule has 0 aromatic heterocycles. The van der Waals surface area contributed by atoms with Crippen LogP contribution < -0.4 is 4.74 Å². The van der Waals surface area contributed by atoms with E-state index in [1.807, 2.05) is 42.5 Å². The van der Waals surface area contributed by atoms with Gasteiger partial charge < -0.3 is 14.5 Å². The third kappa shape index (κ3) is 3.36. The van der Waals surface area contributed by atoms with Gasteiger partial charge in [0.05, 0.1) is 13.0 Å². The van der Waals surface area contributed by atoms with Crippen LogP contribution in [0.15, 0.2) is 48.5 Å². The highest BCUT2D eigenvalue weighted by Gasteiger charge is 2.34. The largest absolute Gasteiger partial charge is 0.497 e. The van der Waals surface area contributed by atoms with Crippen LogP contribution in [0, 0.1) is 0 Å². The molecule has 0 bridgehead atoms. The van der Waals surface area contributed by atoms with Crippen LogP contribution in [0.3, 0.4) is 0 Å². The number of hydrogen-bond donors (Lipinski definition) is 0. The molecule has 1 aliphatic rings. The first kappa shape index (κ1) is 17.0. The quantitative estimate of drug-likeness (QED) is 0.861. The molecule has 5 nitrogen and oxygen atoms in total. The van der Waals surface area contributed by atoms with Gasteiger partial charge in [0.2, 0.25) is 5.91 Å². The second kappa shape index (κ2) is 6.97. The third-order valence-electron chi connectivity index (χ3n) is 4.62. The lowest BCUT2D eigenvalue weighted by Gasteiger charge is -2.33. The van der Waals surface area contributed by atoms with Crippen molar-refractivity contribution in [2.24, 2.45) is 0 Å². The van der Waals surface area contributed by atoms with Crippen molar-refractivity contribution in [3.63, 3.8) is 0 Å². The fourth-order valence-corrected chi connectivity index (χ4v) is 3.22. The summed E-state index contributed by atoms with van der Waals surface area (Å²) in [5, 5.41) is 0. The summed E-state index contributed by atoms with van der Waals surface area (Å²) in [5.41, 5.74) is 2.47. The van der Waals surface area contributed by atoms with Crippen molar-refractivity contribution in [2.45, 2.75) is 12.5 Å². The summed E-state index contributed by atoms with van der Waals surface area (Å²) in [6, 6.07) is 15.0. The van der Waals surface area contributed by atoms with Crippen molar-refractivity contribution in [3.8, 4) is 5.75 Å². The average molecular weight is 338 g/mol. The van der Waals surface area contributed by atoms with Crippen molar-refractivity contribution >= 4 is 11.8 Å². The highest BCUT2D eigenvalue weighted by Crippen LogP contribution is 2.29. The van der Waals surface area contributed by atoms with E-state index >= 15 is 0 Å². The molecule has 2 aromatic carbocycles. The van der Waals surface area contributed by atoms with Crippen molar-refractivity contribution in [1.82, 2.24) is 9.80 Å². The molecule has 2 amide bonds. The van der Waals surface area contributed by atoms with Crippen LogP contribution in [-0.2, 0) is 11.3 Å². The minimum Gasteiger partial charge on any atom is -0.497 e. The fraction of sp³-hybridized carbons (Fsp3) is 0.300. The molecular formula is C20H22N2O3. The SMILES string of the molecule is COc1ccc(CN(C)C(=O)C2CN(C)C(=O)c3ccccc32)cc1. The van der Waals surface area contributed by atoms with E-state index in [-0.39, 0.29) is 17.7 Å². The molecule has 0 N–H and O–H groups in total. The molecule has 3 rings (SSSR count). The number of benzene rings is 2. The number of amides is 2. The summed E-state index contributed by atoms with van der Waals surface area (Å²) in [6.45, 7) is 0.917. The molecule has 2 aromatic rings. The molecule has 5 heteroatoms. The van der Waals surface area contributed by atoms with E-state index in [2.05, 4.69) is 0 Å². The van der Waals surface area contributed by atoms with Crippen molar-refractivity contribution in [2.75, 3.05) is 27.7 Å². The second-order valence-electron chi connectivity index (χ2n) is 6.37. The Balaban J connectivity index is 1.79. The van der Waals surface area contributed by atoms with Gasteiger partial charge in [-0.25, -0.2) is 0 Å². The number of likely N-dealkylation sites (N-methyl/N-ethyl adjacent to an activating group) is 2. The molecule has 1 aliphatic heterocycles. The van der Waals surface area contributed by atoms with Gasteiger partial charge in [0.15, 0.2) is 0 Å². The predicted octanol–water partition coefficient (Wildman–Crippen LogP) is 2.52. The van der Waals surface area contributed by atoms with Gasteiger partial charge in [0.1, 0.15) is 5.75 Å². The summed E-state index contributed by atoms with van der Waals surface area (Å²) in [7, 11) is 5.16. The van der Waals surface area contributed by atoms with E-state index in [1.54, 1.807) is 37.1 Å². The minimum atomic E-state index is -0.331. The topological polar surface area (TPSA) is 49.9 Å². The zero-order chi connectivity index (χ0) is 18.0. The molecule has 0 spiro atoms. The Bertz CT molecular complexity index is 786. The highest BCUT2D eigenvalue weighted by atomic mass is 16.5. The van der Waals surface area contributed by atoms with Gasteiger partial charge in [-0.3, -0.25) is 9.59 Å². The van der Waals surface area contributed by atoms with Crippen molar-refractivity contribution < 1.29 is 14.3 Å². The molecular weight excluding hydrogens is 316 g/mol. The van der Waals surface area contributed by atoms with Gasteiger partial charge in [0, 0.05) is 32.7 Å². The predicted molar refractivity (Wildman–Crippen MR) is 95.6 cm³/mol. The minimum absolute atomic E-state index is 0.0163. The number of fused-ring (bicyclic) bond motifs is 1. The van der Waals surface area contributed by atoms with Crippen LogP contribution >= 0.6 is 0 Å². The van der Waals surface area contributed by atoms with Crippen LogP contribution in [0.2, 0.25) is 0 Å². The summed E-state index contributed by atoms with van der Waals surface area (Å²) in [4.78, 5) is 28.6. The molecule has 25 heavy (non-hydrogen) atoms. The lowest BCUT2D eigenvalue weighted by atomic mass is 9.88. The van der Waals surface area contributed by atoms with Crippen LogP contribution in [0.1, 0.15) is 27.4 Å².